The summed E-state index contributed by atoms with van der Waals surface area (Å²) in [6.45, 7) is 1.99. The summed E-state index contributed by atoms with van der Waals surface area (Å²) in [6.07, 6.45) is 0.975. The van der Waals surface area contributed by atoms with Crippen molar-refractivity contribution in [2.24, 2.45) is 0 Å². The quantitative estimate of drug-likeness (QED) is 0.836. The molecule has 3 rings (SSSR count). The van der Waals surface area contributed by atoms with Gasteiger partial charge in [0.05, 0.1) is 17.9 Å². The van der Waals surface area contributed by atoms with Crippen LogP contribution < -0.4 is 10.1 Å². The topological polar surface area (TPSA) is 97.8 Å². The third-order valence-electron chi connectivity index (χ3n) is 3.33. The van der Waals surface area contributed by atoms with Gasteiger partial charge in [0, 0.05) is 11.8 Å². The summed E-state index contributed by atoms with van der Waals surface area (Å²) in [6, 6.07) is 7.87. The maximum Gasteiger partial charge on any atom is 0.356 e. The van der Waals surface area contributed by atoms with Gasteiger partial charge in [-0.2, -0.15) is 0 Å². The second-order valence-electron chi connectivity index (χ2n) is 4.85. The first-order valence-electron chi connectivity index (χ1n) is 7.02. The SMILES string of the molecule is CCOC(=O)c1cc(C2Nc3cc(C(=O)O)ccc3O2)ccn1. The number of aromatic carboxylic acids is 1. The summed E-state index contributed by atoms with van der Waals surface area (Å²) < 4.78 is 10.7. The van der Waals surface area contributed by atoms with Gasteiger partial charge < -0.3 is 19.9 Å². The Labute approximate surface area is 131 Å². The number of carboxylic acids is 1. The van der Waals surface area contributed by atoms with E-state index in [1.54, 1.807) is 25.1 Å². The van der Waals surface area contributed by atoms with Crippen molar-refractivity contribution in [1.82, 2.24) is 4.98 Å². The van der Waals surface area contributed by atoms with E-state index in [1.165, 1.54) is 18.3 Å². The van der Waals surface area contributed by atoms with E-state index < -0.39 is 18.2 Å². The molecule has 0 saturated heterocycles. The molecule has 0 amide bonds. The molecule has 1 aliphatic rings. The summed E-state index contributed by atoms with van der Waals surface area (Å²) in [5.74, 6) is -0.959. The van der Waals surface area contributed by atoms with E-state index in [1.807, 2.05) is 0 Å². The Balaban J connectivity index is 1.83. The molecule has 0 fully saturated rings. The van der Waals surface area contributed by atoms with Crippen LogP contribution >= 0.6 is 0 Å². The fraction of sp³-hybridized carbons (Fsp3) is 0.188. The number of carbonyl (C=O) groups is 2. The molecular weight excluding hydrogens is 300 g/mol. The molecule has 1 atom stereocenters. The molecule has 2 N–H and O–H groups in total. The van der Waals surface area contributed by atoms with Gasteiger partial charge in [0.1, 0.15) is 11.4 Å². The number of carbonyl (C=O) groups excluding carboxylic acids is 1. The molecule has 118 valence electrons. The van der Waals surface area contributed by atoms with Crippen molar-refractivity contribution in [3.63, 3.8) is 0 Å². The molecule has 2 heterocycles. The Morgan fingerprint density at radius 1 is 1.35 bits per heavy atom. The molecule has 23 heavy (non-hydrogen) atoms. The number of benzene rings is 1. The van der Waals surface area contributed by atoms with Crippen molar-refractivity contribution in [2.45, 2.75) is 13.2 Å². The smallest absolute Gasteiger partial charge is 0.356 e. The highest BCUT2D eigenvalue weighted by atomic mass is 16.5. The fourth-order valence-corrected chi connectivity index (χ4v) is 2.25. The van der Waals surface area contributed by atoms with Gasteiger partial charge >= 0.3 is 11.9 Å². The van der Waals surface area contributed by atoms with E-state index >= 15 is 0 Å². The molecule has 1 aliphatic heterocycles. The van der Waals surface area contributed by atoms with Crippen LogP contribution in [0.2, 0.25) is 0 Å². The van der Waals surface area contributed by atoms with Crippen LogP contribution in [0.15, 0.2) is 36.5 Å². The van der Waals surface area contributed by atoms with Gasteiger partial charge in [0.25, 0.3) is 0 Å². The van der Waals surface area contributed by atoms with Crippen molar-refractivity contribution in [2.75, 3.05) is 11.9 Å². The Kier molecular flexibility index (Phi) is 3.84. The normalized spacial score (nSPS) is 15.3. The average Bonchev–Trinajstić information content (AvgIpc) is 2.98. The summed E-state index contributed by atoms with van der Waals surface area (Å²) in [7, 11) is 0. The van der Waals surface area contributed by atoms with Crippen molar-refractivity contribution < 1.29 is 24.2 Å². The number of hydrogen-bond acceptors (Lipinski definition) is 6. The van der Waals surface area contributed by atoms with Gasteiger partial charge in [-0.25, -0.2) is 14.6 Å². The molecule has 7 heteroatoms. The zero-order valence-corrected chi connectivity index (χ0v) is 12.3. The largest absolute Gasteiger partial charge is 0.478 e. The van der Waals surface area contributed by atoms with E-state index in [2.05, 4.69) is 10.3 Å². The van der Waals surface area contributed by atoms with Crippen molar-refractivity contribution >= 4 is 17.6 Å². The van der Waals surface area contributed by atoms with Gasteiger partial charge in [-0.3, -0.25) is 0 Å². The number of ether oxygens (including phenoxy) is 2. The van der Waals surface area contributed by atoms with E-state index in [-0.39, 0.29) is 17.9 Å². The summed E-state index contributed by atoms with van der Waals surface area (Å²) >= 11 is 0. The zero-order valence-electron chi connectivity index (χ0n) is 12.3. The molecule has 2 aromatic rings. The minimum Gasteiger partial charge on any atom is -0.478 e. The number of anilines is 1. The number of aromatic nitrogens is 1. The lowest BCUT2D eigenvalue weighted by molar-refractivity contribution is 0.0518. The standard InChI is InChI=1S/C16H14N2O5/c1-2-22-16(21)12-7-9(5-6-17-12)14-18-11-8-10(15(19)20)3-4-13(11)23-14/h3-8,14,18H,2H2,1H3,(H,19,20). The average molecular weight is 314 g/mol. The highest BCUT2D eigenvalue weighted by Gasteiger charge is 2.25. The van der Waals surface area contributed by atoms with Crippen LogP contribution in [0.4, 0.5) is 5.69 Å². The van der Waals surface area contributed by atoms with Gasteiger partial charge in [0.15, 0.2) is 6.23 Å². The van der Waals surface area contributed by atoms with Crippen LogP contribution in [-0.2, 0) is 4.74 Å². The summed E-state index contributed by atoms with van der Waals surface area (Å²) in [4.78, 5) is 26.7. The number of hydrogen-bond donors (Lipinski definition) is 2. The van der Waals surface area contributed by atoms with Gasteiger partial charge in [-0.15, -0.1) is 0 Å². The number of esters is 1. The first-order chi connectivity index (χ1) is 11.1. The first kappa shape index (κ1) is 14.8. The lowest BCUT2D eigenvalue weighted by atomic mass is 10.2. The number of pyridine rings is 1. The van der Waals surface area contributed by atoms with Crippen molar-refractivity contribution in [3.8, 4) is 5.75 Å². The highest BCUT2D eigenvalue weighted by Crippen LogP contribution is 2.38. The highest BCUT2D eigenvalue weighted by molar-refractivity contribution is 5.90. The predicted molar refractivity (Wildman–Crippen MR) is 80.6 cm³/mol. The Morgan fingerprint density at radius 3 is 2.91 bits per heavy atom. The van der Waals surface area contributed by atoms with Crippen LogP contribution in [0.5, 0.6) is 5.75 Å². The van der Waals surface area contributed by atoms with Gasteiger partial charge in [-0.05, 0) is 37.3 Å². The van der Waals surface area contributed by atoms with Crippen LogP contribution in [0.25, 0.3) is 0 Å². The van der Waals surface area contributed by atoms with Crippen molar-refractivity contribution in [1.29, 1.82) is 0 Å². The minimum atomic E-state index is -1.01. The Hall–Kier alpha value is -3.09. The number of nitrogens with one attached hydrogen (secondary N) is 1. The van der Waals surface area contributed by atoms with Crippen molar-refractivity contribution in [3.05, 3.63) is 53.3 Å². The second-order valence-corrected chi connectivity index (χ2v) is 4.85. The monoisotopic (exact) mass is 314 g/mol. The third kappa shape index (κ3) is 2.94. The molecule has 7 nitrogen and oxygen atoms in total. The third-order valence-corrected chi connectivity index (χ3v) is 3.33. The van der Waals surface area contributed by atoms with Crippen LogP contribution in [0.1, 0.15) is 39.6 Å². The predicted octanol–water partition coefficient (Wildman–Crippen LogP) is 2.46. The Bertz CT molecular complexity index is 775. The summed E-state index contributed by atoms with van der Waals surface area (Å²) in [5, 5.41) is 12.1. The van der Waals surface area contributed by atoms with Gasteiger partial charge in [-0.1, -0.05) is 0 Å². The molecule has 1 unspecified atom stereocenters. The van der Waals surface area contributed by atoms with E-state index in [0.717, 1.165) is 0 Å². The molecule has 0 radical (unpaired) electrons. The zero-order chi connectivity index (χ0) is 16.4. The number of carboxylic acid groups (broad SMARTS) is 1. The first-order valence-corrected chi connectivity index (χ1v) is 7.02. The minimum absolute atomic E-state index is 0.169. The molecule has 1 aromatic carbocycles. The number of fused-ring (bicyclic) bond motifs is 1. The molecule has 0 spiro atoms. The van der Waals surface area contributed by atoms with E-state index in [4.69, 9.17) is 14.6 Å². The molecule has 0 aliphatic carbocycles. The second kappa shape index (κ2) is 5.96. The number of rotatable bonds is 4. The lowest BCUT2D eigenvalue weighted by Gasteiger charge is -2.12. The van der Waals surface area contributed by atoms with Crippen LogP contribution in [0.3, 0.4) is 0 Å². The maximum absolute atomic E-state index is 11.7. The number of nitrogens with zero attached hydrogens (tertiary/aromatic N) is 1. The maximum atomic E-state index is 11.7. The lowest BCUT2D eigenvalue weighted by Crippen LogP contribution is -2.13. The molecule has 1 aromatic heterocycles. The molecule has 0 bridgehead atoms. The van der Waals surface area contributed by atoms with Crippen LogP contribution in [0, 0.1) is 0 Å². The Morgan fingerprint density at radius 2 is 2.17 bits per heavy atom. The van der Waals surface area contributed by atoms with E-state index in [0.29, 0.717) is 17.0 Å². The van der Waals surface area contributed by atoms with Gasteiger partial charge in [0.2, 0.25) is 0 Å². The van der Waals surface area contributed by atoms with Crippen LogP contribution in [-0.4, -0.2) is 28.6 Å². The molecular formula is C16H14N2O5. The fourth-order valence-electron chi connectivity index (χ4n) is 2.25. The van der Waals surface area contributed by atoms with E-state index in [9.17, 15) is 9.59 Å². The summed E-state index contributed by atoms with van der Waals surface area (Å²) in [5.41, 5.74) is 1.64. The molecule has 0 saturated carbocycles.